The molecule has 210 valence electrons. The molecule has 2 rings (SSSR count). The average Bonchev–Trinajstić information content (AvgIpc) is 2.84. The van der Waals surface area contributed by atoms with E-state index in [1.807, 2.05) is 0 Å². The van der Waals surface area contributed by atoms with Crippen molar-refractivity contribution in [3.8, 4) is 0 Å². The zero-order valence-corrected chi connectivity index (χ0v) is 22.1. The smallest absolute Gasteiger partial charge is 0.332 e. The van der Waals surface area contributed by atoms with Gasteiger partial charge in [-0.2, -0.15) is 0 Å². The molecule has 1 aromatic rings. The van der Waals surface area contributed by atoms with Gasteiger partial charge in [-0.1, -0.05) is 6.07 Å². The summed E-state index contributed by atoms with van der Waals surface area (Å²) in [6, 6.07) is 4.20. The molecule has 1 aliphatic heterocycles. The van der Waals surface area contributed by atoms with Gasteiger partial charge >= 0.3 is 11.9 Å². The fourth-order valence-electron chi connectivity index (χ4n) is 3.83. The number of carbonyl (C=O) groups excluding carboxylic acids is 4. The van der Waals surface area contributed by atoms with E-state index in [9.17, 15) is 34.2 Å². The molecule has 0 radical (unpaired) electrons. The molecule has 0 aliphatic carbocycles. The number of ether oxygens (including phenoxy) is 2. The Morgan fingerprint density at radius 3 is 2.53 bits per heavy atom. The van der Waals surface area contributed by atoms with Crippen LogP contribution in [0.5, 0.6) is 0 Å². The lowest BCUT2D eigenvalue weighted by atomic mass is 9.94. The number of amides is 3. The topological polar surface area (TPSA) is 180 Å². The third-order valence-electron chi connectivity index (χ3n) is 5.95. The van der Waals surface area contributed by atoms with E-state index in [4.69, 9.17) is 9.47 Å². The molecule has 0 spiro atoms. The molecule has 1 heterocycles. The van der Waals surface area contributed by atoms with Gasteiger partial charge in [-0.3, -0.25) is 19.2 Å². The van der Waals surface area contributed by atoms with Crippen molar-refractivity contribution in [1.29, 1.82) is 0 Å². The number of aliphatic hydroxyl groups excluding tert-OH is 1. The number of rotatable bonds is 12. The minimum atomic E-state index is -1.13. The number of carboxylic acids is 1. The minimum absolute atomic E-state index is 0.00174. The number of carbonyl (C=O) groups is 5. The number of nitrogens with one attached hydrogen (secondary N) is 3. The largest absolute Gasteiger partial charge is 0.479 e. The van der Waals surface area contributed by atoms with Crippen LogP contribution in [0.3, 0.4) is 0 Å². The van der Waals surface area contributed by atoms with Gasteiger partial charge in [0.15, 0.2) is 6.10 Å². The first-order valence-electron chi connectivity index (χ1n) is 12.4. The zero-order valence-electron chi connectivity index (χ0n) is 22.1. The normalized spacial score (nSPS) is 20.1. The molecule has 1 saturated heterocycles. The highest BCUT2D eigenvalue weighted by Crippen LogP contribution is 2.26. The predicted molar refractivity (Wildman–Crippen MR) is 136 cm³/mol. The molecular formula is C26H37N3O9. The van der Waals surface area contributed by atoms with Crippen molar-refractivity contribution in [3.05, 3.63) is 29.3 Å². The summed E-state index contributed by atoms with van der Waals surface area (Å²) in [6.07, 6.45) is -0.850. The Balaban J connectivity index is 2.15. The summed E-state index contributed by atoms with van der Waals surface area (Å²) in [5.41, 5.74) is 1.20. The molecule has 5 N–H and O–H groups in total. The maximum absolute atomic E-state index is 12.6. The molecule has 0 bridgehead atoms. The maximum atomic E-state index is 12.6. The van der Waals surface area contributed by atoms with E-state index in [-0.39, 0.29) is 25.5 Å². The summed E-state index contributed by atoms with van der Waals surface area (Å²) < 4.78 is 11.1. The van der Waals surface area contributed by atoms with E-state index in [1.165, 1.54) is 6.92 Å². The van der Waals surface area contributed by atoms with Crippen molar-refractivity contribution >= 4 is 35.9 Å². The van der Waals surface area contributed by atoms with Gasteiger partial charge in [0.2, 0.25) is 18.2 Å². The fourth-order valence-corrected chi connectivity index (χ4v) is 3.83. The van der Waals surface area contributed by atoms with Crippen LogP contribution in [-0.2, 0) is 46.5 Å². The Morgan fingerprint density at radius 2 is 1.89 bits per heavy atom. The average molecular weight is 536 g/mol. The van der Waals surface area contributed by atoms with Crippen LogP contribution < -0.4 is 16.0 Å². The SMILES string of the molecule is CC(NC(=O)CNC=O)C(=O)Nc1ccc(COC(=O)C(C)(C)C)c(CCC2CC(O)CC(C(=O)O)O2)c1. The van der Waals surface area contributed by atoms with E-state index in [0.717, 1.165) is 5.56 Å². The first-order valence-corrected chi connectivity index (χ1v) is 12.4. The Kier molecular flexibility index (Phi) is 11.2. The van der Waals surface area contributed by atoms with E-state index in [0.29, 0.717) is 36.9 Å². The van der Waals surface area contributed by atoms with Gasteiger partial charge in [0.25, 0.3) is 0 Å². The highest BCUT2D eigenvalue weighted by Gasteiger charge is 2.32. The van der Waals surface area contributed by atoms with Crippen molar-refractivity contribution in [2.75, 3.05) is 11.9 Å². The molecule has 12 heteroatoms. The number of esters is 1. The molecule has 4 unspecified atom stereocenters. The summed E-state index contributed by atoms with van der Waals surface area (Å²) in [5, 5.41) is 26.8. The monoisotopic (exact) mass is 535 g/mol. The van der Waals surface area contributed by atoms with Gasteiger partial charge in [0.1, 0.15) is 12.6 Å². The van der Waals surface area contributed by atoms with Gasteiger partial charge in [0, 0.05) is 12.1 Å². The Bertz CT molecular complexity index is 1020. The summed E-state index contributed by atoms with van der Waals surface area (Å²) in [4.78, 5) is 58.3. The van der Waals surface area contributed by atoms with Crippen LogP contribution in [-0.4, -0.2) is 71.3 Å². The van der Waals surface area contributed by atoms with E-state index >= 15 is 0 Å². The molecule has 1 aromatic carbocycles. The summed E-state index contributed by atoms with van der Waals surface area (Å²) in [5.74, 6) is -2.51. The van der Waals surface area contributed by atoms with E-state index < -0.39 is 47.6 Å². The molecule has 38 heavy (non-hydrogen) atoms. The first-order chi connectivity index (χ1) is 17.8. The fraction of sp³-hybridized carbons (Fsp3) is 0.577. The zero-order chi connectivity index (χ0) is 28.5. The number of aryl methyl sites for hydroxylation is 1. The molecular weight excluding hydrogens is 498 g/mol. The third-order valence-corrected chi connectivity index (χ3v) is 5.95. The second-order valence-corrected chi connectivity index (χ2v) is 10.3. The Labute approximate surface area is 221 Å². The van der Waals surface area contributed by atoms with Crippen molar-refractivity contribution in [2.45, 2.75) is 84.3 Å². The van der Waals surface area contributed by atoms with Gasteiger partial charge in [-0.25, -0.2) is 4.79 Å². The molecule has 1 fully saturated rings. The van der Waals surface area contributed by atoms with Crippen molar-refractivity contribution in [3.63, 3.8) is 0 Å². The number of aliphatic carboxylic acids is 1. The number of benzene rings is 1. The minimum Gasteiger partial charge on any atom is -0.479 e. The molecule has 0 aromatic heterocycles. The molecule has 1 aliphatic rings. The van der Waals surface area contributed by atoms with Crippen molar-refractivity contribution < 1.29 is 43.7 Å². The standard InChI is InChI=1S/C26H37N3O9/c1-15(28-22(32)12-27-14-30)23(33)29-18-7-5-17(13-37-25(36)26(2,3)4)16(9-18)6-8-20-10-19(31)11-21(38-20)24(34)35/h5,7,9,14-15,19-21,31H,6,8,10-13H2,1-4H3,(H,27,30)(H,28,32)(H,29,33)(H,34,35). The highest BCUT2D eigenvalue weighted by atomic mass is 16.5. The second kappa shape index (κ2) is 13.9. The third kappa shape index (κ3) is 9.75. The lowest BCUT2D eigenvalue weighted by molar-refractivity contribution is -0.166. The number of aliphatic hydroxyl groups is 1. The number of hydrogen-bond donors (Lipinski definition) is 5. The quantitative estimate of drug-likeness (QED) is 0.192. The Hall–Kier alpha value is -3.51. The highest BCUT2D eigenvalue weighted by molar-refractivity contribution is 5.97. The van der Waals surface area contributed by atoms with Crippen LogP contribution >= 0.6 is 0 Å². The van der Waals surface area contributed by atoms with Crippen molar-refractivity contribution in [2.24, 2.45) is 5.41 Å². The van der Waals surface area contributed by atoms with Crippen LogP contribution in [0.25, 0.3) is 0 Å². The van der Waals surface area contributed by atoms with Crippen LogP contribution in [0, 0.1) is 5.41 Å². The van der Waals surface area contributed by atoms with Crippen LogP contribution in [0.2, 0.25) is 0 Å². The molecule has 0 saturated carbocycles. The molecule has 3 amide bonds. The number of anilines is 1. The van der Waals surface area contributed by atoms with Gasteiger partial charge < -0.3 is 35.6 Å². The molecule has 4 atom stereocenters. The first kappa shape index (κ1) is 30.7. The number of carboxylic acid groups (broad SMARTS) is 1. The van der Waals surface area contributed by atoms with Crippen LogP contribution in [0.1, 0.15) is 58.1 Å². The number of hydrogen-bond acceptors (Lipinski definition) is 8. The van der Waals surface area contributed by atoms with Crippen LogP contribution in [0.15, 0.2) is 18.2 Å². The molecule has 12 nitrogen and oxygen atoms in total. The maximum Gasteiger partial charge on any atom is 0.332 e. The summed E-state index contributed by atoms with van der Waals surface area (Å²) in [7, 11) is 0. The van der Waals surface area contributed by atoms with Crippen LogP contribution in [0.4, 0.5) is 5.69 Å². The predicted octanol–water partition coefficient (Wildman–Crippen LogP) is 0.891. The van der Waals surface area contributed by atoms with E-state index in [1.54, 1.807) is 39.0 Å². The van der Waals surface area contributed by atoms with Gasteiger partial charge in [0.05, 0.1) is 24.2 Å². The second-order valence-electron chi connectivity index (χ2n) is 10.3. The van der Waals surface area contributed by atoms with Crippen molar-refractivity contribution in [1.82, 2.24) is 10.6 Å². The Morgan fingerprint density at radius 1 is 1.18 bits per heavy atom. The lowest BCUT2D eigenvalue weighted by Gasteiger charge is -2.31. The summed E-state index contributed by atoms with van der Waals surface area (Å²) in [6.45, 7) is 6.48. The van der Waals surface area contributed by atoms with E-state index in [2.05, 4.69) is 16.0 Å². The lowest BCUT2D eigenvalue weighted by Crippen LogP contribution is -2.44. The van der Waals surface area contributed by atoms with Gasteiger partial charge in [-0.15, -0.1) is 0 Å². The summed E-state index contributed by atoms with van der Waals surface area (Å²) >= 11 is 0. The van der Waals surface area contributed by atoms with Gasteiger partial charge in [-0.05, 0) is 70.2 Å².